The fourth-order valence-electron chi connectivity index (χ4n) is 3.16. The first-order valence-electron chi connectivity index (χ1n) is 9.74. The lowest BCUT2D eigenvalue weighted by molar-refractivity contribution is -0.127. The average molecular weight is 410 g/mol. The molecule has 0 saturated carbocycles. The van der Waals surface area contributed by atoms with E-state index >= 15 is 0 Å². The average Bonchev–Trinajstić information content (AvgIpc) is 2.92. The summed E-state index contributed by atoms with van der Waals surface area (Å²) in [6, 6.07) is 13.9. The lowest BCUT2D eigenvalue weighted by Gasteiger charge is -2.11. The number of hydrogen-bond acceptors (Lipinski definition) is 4. The van der Waals surface area contributed by atoms with Crippen molar-refractivity contribution in [1.82, 2.24) is 4.90 Å². The molecule has 0 spiro atoms. The molecule has 1 atom stereocenters. The molecule has 1 unspecified atom stereocenters. The van der Waals surface area contributed by atoms with Crippen LogP contribution in [-0.2, 0) is 9.59 Å². The Morgan fingerprint density at radius 1 is 1.17 bits per heavy atom. The first-order chi connectivity index (χ1) is 13.7. The number of carbonyl (C=O) groups is 2. The molecule has 0 aliphatic carbocycles. The van der Waals surface area contributed by atoms with E-state index in [1.54, 1.807) is 7.05 Å². The maximum absolute atomic E-state index is 12.6. The standard InChI is InChI=1S/C23H27N3O2S/c1-14(2)17-7-9-18(10-8-17)24-23-26(5)22(28)20(29-23)13-21(27)25-19-11-6-15(3)12-16(19)4/h6-12,14,20H,13H2,1-5H3,(H,25,27). The van der Waals surface area contributed by atoms with Crippen LogP contribution in [-0.4, -0.2) is 34.2 Å². The Morgan fingerprint density at radius 2 is 1.86 bits per heavy atom. The Balaban J connectivity index is 1.67. The Morgan fingerprint density at radius 3 is 2.48 bits per heavy atom. The molecule has 2 aromatic rings. The van der Waals surface area contributed by atoms with Crippen molar-refractivity contribution >= 4 is 40.1 Å². The Bertz CT molecular complexity index is 951. The Labute approximate surface area is 176 Å². The lowest BCUT2D eigenvalue weighted by Crippen LogP contribution is -2.30. The van der Waals surface area contributed by atoms with Crippen molar-refractivity contribution in [2.45, 2.75) is 45.3 Å². The van der Waals surface area contributed by atoms with Crippen LogP contribution in [0.15, 0.2) is 47.5 Å². The molecule has 29 heavy (non-hydrogen) atoms. The molecule has 6 heteroatoms. The summed E-state index contributed by atoms with van der Waals surface area (Å²) in [5.74, 6) is 0.198. The summed E-state index contributed by atoms with van der Waals surface area (Å²) in [5, 5.41) is 3.08. The van der Waals surface area contributed by atoms with E-state index in [0.29, 0.717) is 11.1 Å². The molecular weight excluding hydrogens is 382 g/mol. The van der Waals surface area contributed by atoms with Crippen molar-refractivity contribution in [3.63, 3.8) is 0 Å². The van der Waals surface area contributed by atoms with Gasteiger partial charge in [0.15, 0.2) is 5.17 Å². The number of nitrogens with zero attached hydrogens (tertiary/aromatic N) is 2. The van der Waals surface area contributed by atoms with Gasteiger partial charge in [-0.1, -0.05) is 55.4 Å². The van der Waals surface area contributed by atoms with Crippen molar-refractivity contribution in [3.8, 4) is 0 Å². The van der Waals surface area contributed by atoms with E-state index in [1.165, 1.54) is 22.2 Å². The van der Waals surface area contributed by atoms with E-state index in [2.05, 4.69) is 36.3 Å². The zero-order chi connectivity index (χ0) is 21.1. The molecule has 0 bridgehead atoms. The summed E-state index contributed by atoms with van der Waals surface area (Å²) in [6.07, 6.45) is 0.118. The zero-order valence-corrected chi connectivity index (χ0v) is 18.3. The summed E-state index contributed by atoms with van der Waals surface area (Å²) in [7, 11) is 1.71. The van der Waals surface area contributed by atoms with Gasteiger partial charge in [-0.15, -0.1) is 0 Å². The minimum Gasteiger partial charge on any atom is -0.326 e. The number of amidine groups is 1. The quantitative estimate of drug-likeness (QED) is 0.754. The number of aryl methyl sites for hydroxylation is 2. The molecule has 2 amide bonds. The predicted molar refractivity (Wildman–Crippen MR) is 121 cm³/mol. The second kappa shape index (κ2) is 8.82. The molecule has 0 radical (unpaired) electrons. The zero-order valence-electron chi connectivity index (χ0n) is 17.5. The molecule has 1 N–H and O–H groups in total. The van der Waals surface area contributed by atoms with E-state index in [4.69, 9.17) is 0 Å². The van der Waals surface area contributed by atoms with E-state index < -0.39 is 5.25 Å². The highest BCUT2D eigenvalue weighted by Gasteiger charge is 2.37. The molecule has 152 valence electrons. The van der Waals surface area contributed by atoms with Gasteiger partial charge >= 0.3 is 0 Å². The third kappa shape index (κ3) is 5.07. The van der Waals surface area contributed by atoms with Crippen LogP contribution < -0.4 is 5.32 Å². The molecular formula is C23H27N3O2S. The fraction of sp³-hybridized carbons (Fsp3) is 0.348. The number of amides is 2. The summed E-state index contributed by atoms with van der Waals surface area (Å²) in [4.78, 5) is 31.2. The van der Waals surface area contributed by atoms with E-state index in [1.807, 2.05) is 44.2 Å². The number of nitrogens with one attached hydrogen (secondary N) is 1. The topological polar surface area (TPSA) is 61.8 Å². The van der Waals surface area contributed by atoms with Gasteiger partial charge in [-0.2, -0.15) is 0 Å². The molecule has 0 aromatic heterocycles. The SMILES string of the molecule is Cc1ccc(NC(=O)CC2SC(=Nc3ccc(C(C)C)cc3)N(C)C2=O)c(C)c1. The van der Waals surface area contributed by atoms with Crippen molar-refractivity contribution in [3.05, 3.63) is 59.2 Å². The Hall–Kier alpha value is -2.60. The first-order valence-corrected chi connectivity index (χ1v) is 10.6. The van der Waals surface area contributed by atoms with Gasteiger partial charge in [-0.05, 0) is 49.1 Å². The van der Waals surface area contributed by atoms with Gasteiger partial charge < -0.3 is 5.32 Å². The van der Waals surface area contributed by atoms with E-state index in [-0.39, 0.29) is 18.2 Å². The van der Waals surface area contributed by atoms with Crippen LogP contribution in [0.3, 0.4) is 0 Å². The largest absolute Gasteiger partial charge is 0.326 e. The summed E-state index contributed by atoms with van der Waals surface area (Å²) < 4.78 is 0. The number of anilines is 1. The number of rotatable bonds is 5. The van der Waals surface area contributed by atoms with Gasteiger partial charge in [0.1, 0.15) is 5.25 Å². The molecule has 2 aromatic carbocycles. The molecule has 1 fully saturated rings. The highest BCUT2D eigenvalue weighted by Crippen LogP contribution is 2.31. The van der Waals surface area contributed by atoms with Gasteiger partial charge in [0.2, 0.25) is 11.8 Å². The van der Waals surface area contributed by atoms with Crippen LogP contribution in [0.4, 0.5) is 11.4 Å². The first kappa shape index (κ1) is 21.1. The van der Waals surface area contributed by atoms with Gasteiger partial charge in [-0.25, -0.2) is 4.99 Å². The third-order valence-electron chi connectivity index (χ3n) is 4.95. The number of benzene rings is 2. The second-order valence-electron chi connectivity index (χ2n) is 7.72. The van der Waals surface area contributed by atoms with Crippen LogP contribution >= 0.6 is 11.8 Å². The van der Waals surface area contributed by atoms with Gasteiger partial charge in [0.25, 0.3) is 0 Å². The maximum atomic E-state index is 12.6. The van der Waals surface area contributed by atoms with Gasteiger partial charge in [0.05, 0.1) is 5.69 Å². The fourth-order valence-corrected chi connectivity index (χ4v) is 4.32. The molecule has 1 heterocycles. The monoisotopic (exact) mass is 409 g/mol. The lowest BCUT2D eigenvalue weighted by atomic mass is 10.0. The maximum Gasteiger partial charge on any atom is 0.242 e. The number of hydrogen-bond donors (Lipinski definition) is 1. The van der Waals surface area contributed by atoms with Crippen LogP contribution in [0.25, 0.3) is 0 Å². The summed E-state index contributed by atoms with van der Waals surface area (Å²) in [5.41, 5.74) is 4.98. The normalized spacial score (nSPS) is 18.0. The van der Waals surface area contributed by atoms with Crippen LogP contribution in [0.5, 0.6) is 0 Å². The highest BCUT2D eigenvalue weighted by atomic mass is 32.2. The Kier molecular flexibility index (Phi) is 6.42. The smallest absolute Gasteiger partial charge is 0.242 e. The number of aliphatic imine (C=N–C) groups is 1. The molecule has 1 aliphatic heterocycles. The second-order valence-corrected chi connectivity index (χ2v) is 8.88. The highest BCUT2D eigenvalue weighted by molar-refractivity contribution is 8.15. The van der Waals surface area contributed by atoms with E-state index in [0.717, 1.165) is 22.5 Å². The number of thioether (sulfide) groups is 1. The summed E-state index contributed by atoms with van der Waals surface area (Å²) >= 11 is 1.34. The molecule has 3 rings (SSSR count). The number of carbonyl (C=O) groups excluding carboxylic acids is 2. The predicted octanol–water partition coefficient (Wildman–Crippen LogP) is 5.02. The van der Waals surface area contributed by atoms with Gasteiger partial charge in [0, 0.05) is 19.2 Å². The van der Waals surface area contributed by atoms with Crippen LogP contribution in [0, 0.1) is 13.8 Å². The minimum atomic E-state index is -0.459. The van der Waals surface area contributed by atoms with Gasteiger partial charge in [-0.3, -0.25) is 14.5 Å². The third-order valence-corrected chi connectivity index (χ3v) is 6.18. The van der Waals surface area contributed by atoms with Crippen LogP contribution in [0.2, 0.25) is 0 Å². The molecule has 5 nitrogen and oxygen atoms in total. The van der Waals surface area contributed by atoms with Crippen molar-refractivity contribution in [2.75, 3.05) is 12.4 Å². The molecule has 1 saturated heterocycles. The van der Waals surface area contributed by atoms with Crippen molar-refractivity contribution in [1.29, 1.82) is 0 Å². The molecule has 1 aliphatic rings. The van der Waals surface area contributed by atoms with Crippen molar-refractivity contribution < 1.29 is 9.59 Å². The van der Waals surface area contributed by atoms with Crippen molar-refractivity contribution in [2.24, 2.45) is 4.99 Å². The minimum absolute atomic E-state index is 0.0941. The van der Waals surface area contributed by atoms with Crippen LogP contribution in [0.1, 0.15) is 42.9 Å². The summed E-state index contributed by atoms with van der Waals surface area (Å²) in [6.45, 7) is 8.27. The van der Waals surface area contributed by atoms with E-state index in [9.17, 15) is 9.59 Å².